The van der Waals surface area contributed by atoms with Gasteiger partial charge in [0.2, 0.25) is 0 Å². The molecule has 4 N–H and O–H groups in total. The van der Waals surface area contributed by atoms with E-state index in [4.69, 9.17) is 5.73 Å². The molecule has 2 fully saturated rings. The molecular weight excluding hydrogens is 446 g/mol. The van der Waals surface area contributed by atoms with Crippen molar-refractivity contribution in [3.63, 3.8) is 0 Å². The lowest BCUT2D eigenvalue weighted by atomic mass is 9.96. The van der Waals surface area contributed by atoms with E-state index in [1.807, 2.05) is 39.8 Å². The van der Waals surface area contributed by atoms with Gasteiger partial charge in [0, 0.05) is 46.4 Å². The average molecular weight is 510 g/mol. The number of aliphatic hydroxyl groups is 1. The van der Waals surface area contributed by atoms with Crippen LogP contribution < -0.4 is 11.1 Å². The lowest BCUT2D eigenvalue weighted by Crippen LogP contribution is -2.44. The predicted molar refractivity (Wildman–Crippen MR) is 161 cm³/mol. The van der Waals surface area contributed by atoms with Gasteiger partial charge in [-0.25, -0.2) is 0 Å². The van der Waals surface area contributed by atoms with Crippen LogP contribution in [0.5, 0.6) is 0 Å². The van der Waals surface area contributed by atoms with Gasteiger partial charge in [-0.1, -0.05) is 51.3 Å². The molecule has 2 aliphatic rings. The molecule has 0 aromatic heterocycles. The van der Waals surface area contributed by atoms with Crippen LogP contribution in [0.1, 0.15) is 95.3 Å². The highest BCUT2D eigenvalue weighted by Gasteiger charge is 2.28. The van der Waals surface area contributed by atoms with Crippen molar-refractivity contribution in [1.29, 1.82) is 0 Å². The summed E-state index contributed by atoms with van der Waals surface area (Å²) in [5.41, 5.74) is 9.83. The summed E-state index contributed by atoms with van der Waals surface area (Å²) >= 11 is 0. The fraction of sp³-hybridized carbons (Fsp3) is 0.800. The zero-order valence-electron chi connectivity index (χ0n) is 25.4. The van der Waals surface area contributed by atoms with Gasteiger partial charge in [-0.3, -0.25) is 4.90 Å². The molecule has 0 bridgehead atoms. The highest BCUT2D eigenvalue weighted by Crippen LogP contribution is 2.41. The van der Waals surface area contributed by atoms with Crippen LogP contribution in [0.15, 0.2) is 34.8 Å². The van der Waals surface area contributed by atoms with Gasteiger partial charge in [-0.15, -0.1) is 0 Å². The van der Waals surface area contributed by atoms with Crippen molar-refractivity contribution in [2.45, 2.75) is 100 Å². The number of hydrogen-bond donors (Lipinski definition) is 3. The van der Waals surface area contributed by atoms with E-state index >= 15 is 0 Å². The normalized spacial score (nSPS) is 19.1. The minimum Gasteiger partial charge on any atom is -0.386 e. The van der Waals surface area contributed by atoms with Crippen LogP contribution in [0.3, 0.4) is 0 Å². The molecule has 1 atom stereocenters. The first kappa shape index (κ1) is 34.7. The Morgan fingerprint density at radius 3 is 2.08 bits per heavy atom. The van der Waals surface area contributed by atoms with Crippen molar-refractivity contribution in [3.8, 4) is 0 Å². The van der Waals surface area contributed by atoms with Gasteiger partial charge in [-0.05, 0) is 85.4 Å². The molecular formula is C30H63N5O. The van der Waals surface area contributed by atoms with Gasteiger partial charge in [0.1, 0.15) is 6.23 Å². The zero-order chi connectivity index (χ0) is 27.5. The van der Waals surface area contributed by atoms with Crippen LogP contribution in [-0.4, -0.2) is 78.9 Å². The molecule has 0 aromatic carbocycles. The molecule has 6 nitrogen and oxygen atoms in total. The Balaban J connectivity index is 0. The monoisotopic (exact) mass is 510 g/mol. The number of nitrogens with one attached hydrogen (secondary N) is 1. The van der Waals surface area contributed by atoms with E-state index in [2.05, 4.69) is 54.8 Å². The van der Waals surface area contributed by atoms with Gasteiger partial charge in [0.15, 0.2) is 0 Å². The van der Waals surface area contributed by atoms with Crippen molar-refractivity contribution >= 4 is 0 Å². The Kier molecular flexibility index (Phi) is 19.9. The van der Waals surface area contributed by atoms with Crippen molar-refractivity contribution in [2.24, 2.45) is 11.7 Å². The summed E-state index contributed by atoms with van der Waals surface area (Å²) in [6.45, 7) is 24.8. The summed E-state index contributed by atoms with van der Waals surface area (Å²) in [4.78, 5) is 7.07. The van der Waals surface area contributed by atoms with Crippen molar-refractivity contribution in [2.75, 3.05) is 52.9 Å². The molecule has 0 spiro atoms. The number of hydrogen-bond acceptors (Lipinski definition) is 6. The third kappa shape index (κ3) is 15.7. The maximum atomic E-state index is 9.86. The fourth-order valence-electron chi connectivity index (χ4n) is 4.28. The lowest BCUT2D eigenvalue weighted by Gasteiger charge is -2.31. The minimum absolute atomic E-state index is 0. The van der Waals surface area contributed by atoms with Crippen LogP contribution in [0, 0.1) is 5.92 Å². The molecule has 1 aliphatic carbocycles. The summed E-state index contributed by atoms with van der Waals surface area (Å²) in [6, 6.07) is 0. The van der Waals surface area contributed by atoms with Gasteiger partial charge in [0.05, 0.1) is 5.82 Å². The van der Waals surface area contributed by atoms with Crippen LogP contribution >= 0.6 is 0 Å². The lowest BCUT2D eigenvalue weighted by molar-refractivity contribution is 0.0248. The second kappa shape index (κ2) is 20.7. The number of allylic oxidation sites excluding steroid dienone is 4. The van der Waals surface area contributed by atoms with E-state index in [1.54, 1.807) is 11.1 Å². The maximum Gasteiger partial charge on any atom is 0.104 e. The smallest absolute Gasteiger partial charge is 0.104 e. The van der Waals surface area contributed by atoms with E-state index in [-0.39, 0.29) is 7.65 Å². The van der Waals surface area contributed by atoms with E-state index in [0.29, 0.717) is 5.82 Å². The Labute approximate surface area is 226 Å². The molecule has 1 saturated carbocycles. The Bertz CT molecular complexity index is 634. The minimum atomic E-state index is -0.325. The summed E-state index contributed by atoms with van der Waals surface area (Å²) in [5.74, 6) is 1.57. The predicted octanol–water partition coefficient (Wildman–Crippen LogP) is 5.77. The van der Waals surface area contributed by atoms with Crippen molar-refractivity contribution in [3.05, 3.63) is 34.8 Å². The van der Waals surface area contributed by atoms with Gasteiger partial charge >= 0.3 is 0 Å². The van der Waals surface area contributed by atoms with E-state index in [0.717, 1.165) is 37.5 Å². The van der Waals surface area contributed by atoms with Crippen LogP contribution in [0.4, 0.5) is 0 Å². The molecule has 6 heteroatoms. The second-order valence-corrected chi connectivity index (χ2v) is 10.2. The number of nitrogens with zero attached hydrogens (tertiary/aromatic N) is 3. The van der Waals surface area contributed by atoms with Gasteiger partial charge in [-0.2, -0.15) is 0 Å². The maximum absolute atomic E-state index is 9.86. The third-order valence-corrected chi connectivity index (χ3v) is 7.03. The molecule has 1 heterocycles. The van der Waals surface area contributed by atoms with Gasteiger partial charge < -0.3 is 26.0 Å². The number of likely N-dealkylation sites (N-methyl/N-ethyl adjacent to an activating group) is 2. The van der Waals surface area contributed by atoms with Gasteiger partial charge in [0.25, 0.3) is 0 Å². The number of nitrogens with two attached hydrogens (primary N) is 1. The highest BCUT2D eigenvalue weighted by atomic mass is 16.3. The zero-order valence-corrected chi connectivity index (χ0v) is 25.4. The molecule has 1 aliphatic heterocycles. The van der Waals surface area contributed by atoms with Crippen LogP contribution in [0.2, 0.25) is 0 Å². The summed E-state index contributed by atoms with van der Waals surface area (Å²) < 4.78 is 0. The second-order valence-electron chi connectivity index (χ2n) is 10.2. The average Bonchev–Trinajstić information content (AvgIpc) is 3.71. The number of piperazine rings is 1. The molecule has 2 rings (SSSR count). The Morgan fingerprint density at radius 2 is 1.69 bits per heavy atom. The third-order valence-electron chi connectivity index (χ3n) is 7.03. The first-order chi connectivity index (χ1) is 17.2. The fourth-order valence-corrected chi connectivity index (χ4v) is 4.28. The summed E-state index contributed by atoms with van der Waals surface area (Å²) in [5, 5.41) is 12.8. The van der Waals surface area contributed by atoms with Crippen LogP contribution in [-0.2, 0) is 0 Å². The molecule has 36 heavy (non-hydrogen) atoms. The van der Waals surface area contributed by atoms with E-state index < -0.39 is 0 Å². The molecule has 1 unspecified atom stereocenters. The quantitative estimate of drug-likeness (QED) is 0.229. The molecule has 0 radical (unpaired) electrons. The molecule has 0 aromatic rings. The van der Waals surface area contributed by atoms with Crippen LogP contribution in [0.25, 0.3) is 0 Å². The van der Waals surface area contributed by atoms with Crippen molar-refractivity contribution < 1.29 is 6.53 Å². The Hall–Kier alpha value is -1.34. The number of aliphatic hydroxyl groups excluding tert-OH is 1. The number of rotatable bonds is 12. The first-order valence-electron chi connectivity index (χ1n) is 14.5. The molecule has 0 amide bonds. The highest BCUT2D eigenvalue weighted by molar-refractivity contribution is 5.22. The molecule has 214 valence electrons. The summed E-state index contributed by atoms with van der Waals surface area (Å²) in [6.07, 6.45) is 11.0. The Morgan fingerprint density at radius 1 is 1.08 bits per heavy atom. The molecule has 1 saturated heterocycles. The largest absolute Gasteiger partial charge is 0.386 e. The topological polar surface area (TPSA) is 68.0 Å². The standard InChI is InChI=1S/C16H31NO.C7H16N2.C7H14N2.H2/c1-5-8-16(15-9-10-15)14(7-3)12-17(11-6-2)13(4)18;1-3-9-6-4-8(2)5-7-9;1-4-6(3)9-7(8)5-2;/h13,15,18H,5-12H2,1-4H3;3-7H2,1-2H3;4-5,9H,8H2,1-3H3;1H/b16-14-;;6-4+,7-5+;. The van der Waals surface area contributed by atoms with Crippen molar-refractivity contribution in [1.82, 2.24) is 20.0 Å². The first-order valence-corrected chi connectivity index (χ1v) is 14.5. The SMILES string of the molecule is C/C=C(\C)N/C(N)=C/C.CCC/C(=C(\CC)CN(CCC)C(C)O)C1CC1.CCN1CCN(C)CC1.[HH]. The van der Waals surface area contributed by atoms with E-state index in [9.17, 15) is 5.11 Å². The summed E-state index contributed by atoms with van der Waals surface area (Å²) in [7, 11) is 2.19. The van der Waals surface area contributed by atoms with E-state index in [1.165, 1.54) is 58.4 Å².